The van der Waals surface area contributed by atoms with Crippen LogP contribution < -0.4 is 10.5 Å². The number of ether oxygens (including phenoxy) is 1. The van der Waals surface area contributed by atoms with Crippen LogP contribution in [0.4, 0.5) is 5.69 Å². The van der Waals surface area contributed by atoms with E-state index in [-0.39, 0.29) is 0 Å². The van der Waals surface area contributed by atoms with Gasteiger partial charge in [0.1, 0.15) is 17.0 Å². The second kappa shape index (κ2) is 5.37. The summed E-state index contributed by atoms with van der Waals surface area (Å²) < 4.78 is 7.12. The fraction of sp³-hybridized carbons (Fsp3) is 0.235. The van der Waals surface area contributed by atoms with Gasteiger partial charge in [0.2, 0.25) is 0 Å². The van der Waals surface area contributed by atoms with Gasteiger partial charge in [0.15, 0.2) is 5.75 Å². The lowest BCUT2D eigenvalue weighted by atomic mass is 10.0. The maximum absolute atomic E-state index is 6.18. The van der Waals surface area contributed by atoms with Crippen molar-refractivity contribution in [3.63, 3.8) is 0 Å². The van der Waals surface area contributed by atoms with Crippen LogP contribution in [0, 0.1) is 6.92 Å². The molecule has 1 heterocycles. The first kappa shape index (κ1) is 13.9. The number of fused-ring (bicyclic) bond motifs is 1. The number of aromatic nitrogens is 1. The van der Waals surface area contributed by atoms with Crippen LogP contribution in [0.5, 0.6) is 11.5 Å². The molecule has 0 bridgehead atoms. The topological polar surface area (TPSA) is 48.1 Å². The highest BCUT2D eigenvalue weighted by Gasteiger charge is 2.11. The number of rotatable bonds is 3. The molecule has 0 aliphatic carbocycles. The molecular formula is C17H18N2OS. The molecular weight excluding hydrogens is 280 g/mol. The van der Waals surface area contributed by atoms with Gasteiger partial charge in [0.05, 0.1) is 10.2 Å². The van der Waals surface area contributed by atoms with Crippen LogP contribution in [0.15, 0.2) is 35.8 Å². The van der Waals surface area contributed by atoms with Gasteiger partial charge in [0.25, 0.3) is 0 Å². The third-order valence-electron chi connectivity index (χ3n) is 3.60. The Kier molecular flexibility index (Phi) is 3.55. The van der Waals surface area contributed by atoms with Crippen LogP contribution in [-0.4, -0.2) is 4.98 Å². The highest BCUT2D eigenvalue weighted by Crippen LogP contribution is 2.36. The molecule has 3 rings (SSSR count). The summed E-state index contributed by atoms with van der Waals surface area (Å²) in [7, 11) is 0. The van der Waals surface area contributed by atoms with Crippen molar-refractivity contribution in [1.29, 1.82) is 0 Å². The van der Waals surface area contributed by atoms with E-state index in [9.17, 15) is 0 Å². The Morgan fingerprint density at radius 1 is 1.14 bits per heavy atom. The Hall–Kier alpha value is -2.07. The number of nitrogen functional groups attached to an aromatic ring is 1. The lowest BCUT2D eigenvalue weighted by molar-refractivity contribution is 0.480. The third-order valence-corrected chi connectivity index (χ3v) is 4.39. The van der Waals surface area contributed by atoms with E-state index in [1.807, 2.05) is 19.1 Å². The largest absolute Gasteiger partial charge is 0.455 e. The maximum Gasteiger partial charge on any atom is 0.152 e. The molecule has 1 aromatic heterocycles. The van der Waals surface area contributed by atoms with Gasteiger partial charge in [-0.25, -0.2) is 4.98 Å². The van der Waals surface area contributed by atoms with Crippen LogP contribution in [0.2, 0.25) is 0 Å². The fourth-order valence-corrected chi connectivity index (χ4v) is 2.92. The second-order valence-corrected chi connectivity index (χ2v) is 6.34. The minimum Gasteiger partial charge on any atom is -0.455 e. The average molecular weight is 298 g/mol. The zero-order valence-electron chi connectivity index (χ0n) is 12.4. The number of thiazole rings is 1. The summed E-state index contributed by atoms with van der Waals surface area (Å²) in [4.78, 5) is 4.30. The molecule has 0 saturated carbocycles. The molecule has 2 N–H and O–H groups in total. The predicted molar refractivity (Wildman–Crippen MR) is 89.4 cm³/mol. The van der Waals surface area contributed by atoms with Crippen molar-refractivity contribution >= 4 is 27.2 Å². The molecule has 0 unspecified atom stereocenters. The summed E-state index contributed by atoms with van der Waals surface area (Å²) in [6.07, 6.45) is 0. The molecule has 3 aromatic rings. The van der Waals surface area contributed by atoms with Gasteiger partial charge in [-0.1, -0.05) is 26.0 Å². The maximum atomic E-state index is 6.18. The Morgan fingerprint density at radius 3 is 2.71 bits per heavy atom. The summed E-state index contributed by atoms with van der Waals surface area (Å²) in [5.41, 5.74) is 11.7. The number of hydrogen-bond donors (Lipinski definition) is 1. The van der Waals surface area contributed by atoms with E-state index in [4.69, 9.17) is 10.5 Å². The summed E-state index contributed by atoms with van der Waals surface area (Å²) >= 11 is 1.58. The van der Waals surface area contributed by atoms with Gasteiger partial charge in [0, 0.05) is 0 Å². The molecule has 4 heteroatoms. The van der Waals surface area contributed by atoms with Crippen molar-refractivity contribution in [1.82, 2.24) is 4.98 Å². The van der Waals surface area contributed by atoms with Gasteiger partial charge in [-0.3, -0.25) is 0 Å². The van der Waals surface area contributed by atoms with Crippen LogP contribution in [-0.2, 0) is 0 Å². The summed E-state index contributed by atoms with van der Waals surface area (Å²) in [6, 6.07) is 10.2. The van der Waals surface area contributed by atoms with Crippen molar-refractivity contribution < 1.29 is 4.74 Å². The summed E-state index contributed by atoms with van der Waals surface area (Å²) in [5.74, 6) is 1.98. The van der Waals surface area contributed by atoms with Crippen molar-refractivity contribution in [3.8, 4) is 11.5 Å². The van der Waals surface area contributed by atoms with Gasteiger partial charge in [-0.2, -0.15) is 0 Å². The zero-order chi connectivity index (χ0) is 15.0. The number of benzene rings is 2. The number of nitrogens with zero attached hydrogens (tertiary/aromatic N) is 1. The monoisotopic (exact) mass is 298 g/mol. The lowest BCUT2D eigenvalue weighted by Crippen LogP contribution is -1.96. The van der Waals surface area contributed by atoms with E-state index < -0.39 is 0 Å². The van der Waals surface area contributed by atoms with E-state index >= 15 is 0 Å². The zero-order valence-corrected chi connectivity index (χ0v) is 13.2. The summed E-state index contributed by atoms with van der Waals surface area (Å²) in [6.45, 7) is 6.38. The number of aryl methyl sites for hydroxylation is 1. The van der Waals surface area contributed by atoms with Crippen molar-refractivity contribution in [2.45, 2.75) is 26.7 Å². The molecule has 21 heavy (non-hydrogen) atoms. The van der Waals surface area contributed by atoms with Gasteiger partial charge < -0.3 is 10.5 Å². The van der Waals surface area contributed by atoms with E-state index in [2.05, 4.69) is 37.0 Å². The highest BCUT2D eigenvalue weighted by molar-refractivity contribution is 7.16. The molecule has 0 atom stereocenters. The second-order valence-electron chi connectivity index (χ2n) is 5.46. The first-order valence-electron chi connectivity index (χ1n) is 6.96. The van der Waals surface area contributed by atoms with Crippen molar-refractivity contribution in [2.75, 3.05) is 5.73 Å². The van der Waals surface area contributed by atoms with Crippen LogP contribution >= 0.6 is 11.3 Å². The molecule has 0 aliphatic heterocycles. The molecule has 0 aliphatic rings. The smallest absolute Gasteiger partial charge is 0.152 e. The van der Waals surface area contributed by atoms with E-state index in [0.717, 1.165) is 21.5 Å². The Labute approximate surface area is 128 Å². The minimum absolute atomic E-state index is 0.464. The number of hydrogen-bond acceptors (Lipinski definition) is 4. The highest BCUT2D eigenvalue weighted by atomic mass is 32.1. The molecule has 3 nitrogen and oxygen atoms in total. The Balaban J connectivity index is 2.01. The molecule has 2 aromatic carbocycles. The molecule has 0 spiro atoms. The quantitative estimate of drug-likeness (QED) is 0.684. The summed E-state index contributed by atoms with van der Waals surface area (Å²) in [5, 5.41) is 0. The Morgan fingerprint density at radius 2 is 1.95 bits per heavy atom. The molecule has 0 radical (unpaired) electrons. The van der Waals surface area contributed by atoms with Gasteiger partial charge >= 0.3 is 0 Å². The van der Waals surface area contributed by atoms with Crippen LogP contribution in [0.1, 0.15) is 30.9 Å². The number of anilines is 1. The van der Waals surface area contributed by atoms with E-state index in [0.29, 0.717) is 17.4 Å². The van der Waals surface area contributed by atoms with Crippen LogP contribution in [0.25, 0.3) is 10.2 Å². The van der Waals surface area contributed by atoms with E-state index in [1.54, 1.807) is 16.8 Å². The van der Waals surface area contributed by atoms with Crippen LogP contribution in [0.3, 0.4) is 0 Å². The van der Waals surface area contributed by atoms with Gasteiger partial charge in [-0.05, 0) is 42.2 Å². The predicted octanol–water partition coefficient (Wildman–Crippen LogP) is 5.10. The molecule has 0 fully saturated rings. The van der Waals surface area contributed by atoms with E-state index in [1.165, 1.54) is 5.56 Å². The molecule has 108 valence electrons. The molecule has 0 saturated heterocycles. The first-order valence-corrected chi connectivity index (χ1v) is 7.84. The average Bonchev–Trinajstić information content (AvgIpc) is 2.93. The standard InChI is InChI=1S/C17H18N2OS/c1-10(2)12-5-4-11(3)14(8-12)20-13-6-7-15-17(16(13)18)19-9-21-15/h4-10H,18H2,1-3H3. The van der Waals surface area contributed by atoms with Gasteiger partial charge in [-0.15, -0.1) is 11.3 Å². The fourth-order valence-electron chi connectivity index (χ4n) is 2.23. The third kappa shape index (κ3) is 2.59. The Bertz CT molecular complexity index is 793. The SMILES string of the molecule is Cc1ccc(C(C)C)cc1Oc1ccc2scnc2c1N. The minimum atomic E-state index is 0.464. The normalized spacial score (nSPS) is 11.2. The molecule has 0 amide bonds. The first-order chi connectivity index (χ1) is 10.1. The number of nitrogens with two attached hydrogens (primary N) is 1. The van der Waals surface area contributed by atoms with Crippen molar-refractivity contribution in [3.05, 3.63) is 47.0 Å². The lowest BCUT2D eigenvalue weighted by Gasteiger charge is -2.14. The van der Waals surface area contributed by atoms with Crippen molar-refractivity contribution in [2.24, 2.45) is 0 Å².